The molecule has 0 saturated heterocycles. The Hall–Kier alpha value is 0. The van der Waals surface area contributed by atoms with E-state index < -0.39 is 0 Å². The topological polar surface area (TPSA) is 0 Å². The van der Waals surface area contributed by atoms with E-state index in [2.05, 4.69) is 20.8 Å². The number of hydrogen-bond acceptors (Lipinski definition) is 0. The standard InChI is InChI=1S/C16H30/c1-15(2)9-5-4-8-14(12-15)13-16(3)10-6-7-11-16/h14H,4-13H2,1-3H3. The van der Waals surface area contributed by atoms with Crippen LogP contribution in [0.2, 0.25) is 0 Å². The van der Waals surface area contributed by atoms with Crippen molar-refractivity contribution >= 4 is 0 Å². The predicted octanol–water partition coefficient (Wildman–Crippen LogP) is 5.56. The molecule has 0 heteroatoms. The van der Waals surface area contributed by atoms with E-state index in [1.54, 1.807) is 0 Å². The summed E-state index contributed by atoms with van der Waals surface area (Å²) < 4.78 is 0. The molecule has 1 atom stereocenters. The quantitative estimate of drug-likeness (QED) is 0.536. The molecular weight excluding hydrogens is 192 g/mol. The molecule has 2 saturated carbocycles. The summed E-state index contributed by atoms with van der Waals surface area (Å²) in [6.45, 7) is 7.53. The van der Waals surface area contributed by atoms with Gasteiger partial charge in [-0.2, -0.15) is 0 Å². The SMILES string of the molecule is CC1(C)CCCCC(CC2(C)CCCC2)C1. The lowest BCUT2D eigenvalue weighted by Gasteiger charge is -2.32. The van der Waals surface area contributed by atoms with Gasteiger partial charge in [0.05, 0.1) is 0 Å². The molecule has 0 bridgehead atoms. The summed E-state index contributed by atoms with van der Waals surface area (Å²) in [5.41, 5.74) is 1.33. The first-order valence-electron chi connectivity index (χ1n) is 7.49. The van der Waals surface area contributed by atoms with Crippen LogP contribution in [-0.4, -0.2) is 0 Å². The zero-order chi connectivity index (χ0) is 11.6. The lowest BCUT2D eigenvalue weighted by Crippen LogP contribution is -2.21. The molecule has 0 heterocycles. The van der Waals surface area contributed by atoms with Crippen LogP contribution >= 0.6 is 0 Å². The van der Waals surface area contributed by atoms with E-state index in [1.807, 2.05) is 0 Å². The summed E-state index contributed by atoms with van der Waals surface area (Å²) in [6.07, 6.45) is 14.9. The van der Waals surface area contributed by atoms with Gasteiger partial charge in [-0.05, 0) is 48.9 Å². The maximum Gasteiger partial charge on any atom is -0.0323 e. The van der Waals surface area contributed by atoms with Crippen LogP contribution in [0.25, 0.3) is 0 Å². The molecule has 0 spiro atoms. The molecule has 0 aromatic carbocycles. The first kappa shape index (κ1) is 12.5. The highest BCUT2D eigenvalue weighted by atomic mass is 14.4. The lowest BCUT2D eigenvalue weighted by molar-refractivity contribution is 0.188. The van der Waals surface area contributed by atoms with Crippen molar-refractivity contribution in [2.75, 3.05) is 0 Å². The Morgan fingerprint density at radius 1 is 0.875 bits per heavy atom. The Morgan fingerprint density at radius 3 is 2.19 bits per heavy atom. The number of hydrogen-bond donors (Lipinski definition) is 0. The van der Waals surface area contributed by atoms with Gasteiger partial charge in [0.15, 0.2) is 0 Å². The highest BCUT2D eigenvalue weighted by Crippen LogP contribution is 2.47. The van der Waals surface area contributed by atoms with Gasteiger partial charge >= 0.3 is 0 Å². The third-order valence-electron chi connectivity index (χ3n) is 5.15. The van der Waals surface area contributed by atoms with Crippen molar-refractivity contribution < 1.29 is 0 Å². The molecule has 0 radical (unpaired) electrons. The van der Waals surface area contributed by atoms with Crippen LogP contribution < -0.4 is 0 Å². The molecule has 1 unspecified atom stereocenters. The van der Waals surface area contributed by atoms with Gasteiger partial charge in [-0.25, -0.2) is 0 Å². The van der Waals surface area contributed by atoms with Gasteiger partial charge in [0.1, 0.15) is 0 Å². The average molecular weight is 222 g/mol. The molecule has 0 N–H and O–H groups in total. The van der Waals surface area contributed by atoms with E-state index >= 15 is 0 Å². The van der Waals surface area contributed by atoms with Gasteiger partial charge in [0.2, 0.25) is 0 Å². The maximum atomic E-state index is 2.55. The average Bonchev–Trinajstić information content (AvgIpc) is 2.51. The number of rotatable bonds is 2. The van der Waals surface area contributed by atoms with Gasteiger partial charge in [-0.3, -0.25) is 0 Å². The van der Waals surface area contributed by atoms with Gasteiger partial charge in [0.25, 0.3) is 0 Å². The Labute approximate surface area is 102 Å². The van der Waals surface area contributed by atoms with Crippen LogP contribution in [-0.2, 0) is 0 Å². The maximum absolute atomic E-state index is 2.55. The highest BCUT2D eigenvalue weighted by molar-refractivity contribution is 4.86. The van der Waals surface area contributed by atoms with Gasteiger partial charge in [-0.15, -0.1) is 0 Å². The monoisotopic (exact) mass is 222 g/mol. The van der Waals surface area contributed by atoms with E-state index in [4.69, 9.17) is 0 Å². The van der Waals surface area contributed by atoms with Crippen molar-refractivity contribution in [1.82, 2.24) is 0 Å². The fourth-order valence-electron chi connectivity index (χ4n) is 4.33. The van der Waals surface area contributed by atoms with Crippen molar-refractivity contribution in [3.05, 3.63) is 0 Å². The summed E-state index contributed by atoms with van der Waals surface area (Å²) in [5, 5.41) is 0. The van der Waals surface area contributed by atoms with Crippen molar-refractivity contribution in [2.24, 2.45) is 16.7 Å². The predicted molar refractivity (Wildman–Crippen MR) is 71.5 cm³/mol. The molecule has 0 amide bonds. The van der Waals surface area contributed by atoms with Gasteiger partial charge in [-0.1, -0.05) is 52.9 Å². The van der Waals surface area contributed by atoms with Crippen LogP contribution in [0.3, 0.4) is 0 Å². The molecule has 0 nitrogen and oxygen atoms in total. The van der Waals surface area contributed by atoms with Gasteiger partial charge in [0, 0.05) is 0 Å². The van der Waals surface area contributed by atoms with E-state index in [1.165, 1.54) is 64.2 Å². The molecule has 2 rings (SSSR count). The summed E-state index contributed by atoms with van der Waals surface area (Å²) in [5.74, 6) is 1.03. The summed E-state index contributed by atoms with van der Waals surface area (Å²) in [6, 6.07) is 0. The lowest BCUT2D eigenvalue weighted by atomic mass is 9.73. The summed E-state index contributed by atoms with van der Waals surface area (Å²) in [4.78, 5) is 0. The minimum atomic E-state index is 0.621. The molecule has 0 aliphatic heterocycles. The van der Waals surface area contributed by atoms with Crippen LogP contribution in [0.4, 0.5) is 0 Å². The molecule has 16 heavy (non-hydrogen) atoms. The van der Waals surface area contributed by atoms with Gasteiger partial charge < -0.3 is 0 Å². The van der Waals surface area contributed by atoms with Crippen LogP contribution in [0, 0.1) is 16.7 Å². The zero-order valence-electron chi connectivity index (χ0n) is 11.6. The Kier molecular flexibility index (Phi) is 3.66. The fraction of sp³-hybridized carbons (Fsp3) is 1.00. The molecule has 2 aliphatic carbocycles. The van der Waals surface area contributed by atoms with E-state index in [0.717, 1.165) is 5.92 Å². The van der Waals surface area contributed by atoms with E-state index in [9.17, 15) is 0 Å². The molecule has 2 aliphatic rings. The first-order valence-corrected chi connectivity index (χ1v) is 7.49. The second kappa shape index (κ2) is 4.70. The van der Waals surface area contributed by atoms with Crippen molar-refractivity contribution in [3.8, 4) is 0 Å². The van der Waals surface area contributed by atoms with Crippen molar-refractivity contribution in [2.45, 2.75) is 85.0 Å². The Bertz CT molecular complexity index is 220. The molecule has 2 fully saturated rings. The molecule has 0 aromatic heterocycles. The Balaban J connectivity index is 1.92. The van der Waals surface area contributed by atoms with Crippen molar-refractivity contribution in [1.29, 1.82) is 0 Å². The van der Waals surface area contributed by atoms with Crippen LogP contribution in [0.5, 0.6) is 0 Å². The zero-order valence-corrected chi connectivity index (χ0v) is 11.6. The molecule has 94 valence electrons. The highest BCUT2D eigenvalue weighted by Gasteiger charge is 2.34. The van der Waals surface area contributed by atoms with E-state index in [0.29, 0.717) is 10.8 Å². The van der Waals surface area contributed by atoms with Crippen LogP contribution in [0.15, 0.2) is 0 Å². The second-order valence-corrected chi connectivity index (χ2v) is 7.70. The summed E-state index contributed by atoms with van der Waals surface area (Å²) >= 11 is 0. The third-order valence-corrected chi connectivity index (χ3v) is 5.15. The minimum Gasteiger partial charge on any atom is -0.0599 e. The summed E-state index contributed by atoms with van der Waals surface area (Å²) in [7, 11) is 0. The largest absolute Gasteiger partial charge is 0.0599 e. The second-order valence-electron chi connectivity index (χ2n) is 7.70. The third kappa shape index (κ3) is 3.25. The normalized spacial score (nSPS) is 33.6. The molecule has 0 aromatic rings. The fourth-order valence-corrected chi connectivity index (χ4v) is 4.33. The minimum absolute atomic E-state index is 0.621. The molecular formula is C16H30. The van der Waals surface area contributed by atoms with E-state index in [-0.39, 0.29) is 0 Å². The first-order chi connectivity index (χ1) is 7.49. The van der Waals surface area contributed by atoms with Crippen molar-refractivity contribution in [3.63, 3.8) is 0 Å². The van der Waals surface area contributed by atoms with Crippen LogP contribution in [0.1, 0.15) is 85.0 Å². The Morgan fingerprint density at radius 2 is 1.50 bits per heavy atom. The smallest absolute Gasteiger partial charge is 0.0323 e.